The zero-order valence-electron chi connectivity index (χ0n) is 16.1. The fourth-order valence-corrected chi connectivity index (χ4v) is 7.87. The van der Waals surface area contributed by atoms with Gasteiger partial charge < -0.3 is 0 Å². The van der Waals surface area contributed by atoms with Crippen molar-refractivity contribution in [1.82, 2.24) is 0 Å². The van der Waals surface area contributed by atoms with E-state index >= 15 is 0 Å². The van der Waals surface area contributed by atoms with Crippen LogP contribution in [0, 0.1) is 51.8 Å². The van der Waals surface area contributed by atoms with Gasteiger partial charge in [-0.15, -0.1) is 6.58 Å². The highest BCUT2D eigenvalue weighted by molar-refractivity contribution is 5.30. The van der Waals surface area contributed by atoms with Crippen LogP contribution in [0.5, 0.6) is 0 Å². The summed E-state index contributed by atoms with van der Waals surface area (Å²) in [6.07, 6.45) is 8.14. The summed E-state index contributed by atoms with van der Waals surface area (Å²) >= 11 is 0. The molecule has 0 N–H and O–H groups in total. The molecule has 0 amide bonds. The lowest BCUT2D eigenvalue weighted by molar-refractivity contribution is -0.159. The summed E-state index contributed by atoms with van der Waals surface area (Å²) in [5.74, 6) is 5.21. The molecule has 0 aromatic rings. The monoisotopic (exact) mass is 302 g/mol. The molecular weight excluding hydrogens is 264 g/mol. The van der Waals surface area contributed by atoms with Crippen molar-refractivity contribution >= 4 is 0 Å². The van der Waals surface area contributed by atoms with Gasteiger partial charge in [0.15, 0.2) is 0 Å². The molecule has 1 spiro atoms. The summed E-state index contributed by atoms with van der Waals surface area (Å²) < 4.78 is 0. The third-order valence-corrected chi connectivity index (χ3v) is 8.77. The van der Waals surface area contributed by atoms with Gasteiger partial charge in [-0.05, 0) is 77.4 Å². The minimum absolute atomic E-state index is 0.365. The fraction of sp³-hybridized carbons (Fsp3) is 0.909. The molecule has 4 aliphatic carbocycles. The van der Waals surface area contributed by atoms with Crippen molar-refractivity contribution < 1.29 is 0 Å². The van der Waals surface area contributed by atoms with Gasteiger partial charge in [-0.3, -0.25) is 0 Å². The maximum Gasteiger partial charge on any atom is -0.00280 e. The van der Waals surface area contributed by atoms with Crippen LogP contribution in [0.4, 0.5) is 0 Å². The first kappa shape index (κ1) is 16.6. The smallest absolute Gasteiger partial charge is 0.00280 e. The van der Waals surface area contributed by atoms with Crippen LogP contribution in [0.15, 0.2) is 12.7 Å². The van der Waals surface area contributed by atoms with Gasteiger partial charge in [0.05, 0.1) is 0 Å². The van der Waals surface area contributed by atoms with Crippen LogP contribution in [0.3, 0.4) is 0 Å². The predicted molar refractivity (Wildman–Crippen MR) is 96.6 cm³/mol. The van der Waals surface area contributed by atoms with Crippen LogP contribution < -0.4 is 0 Å². The standard InChI is InChI=1S/C22H38/c1-9-21(11-15(4)5)19(10-14(2)3)22-13-18(16(22)6)12-20(21,8)17(22)7/h9,14-19H,1,10-13H2,2-8H3. The number of rotatable bonds is 5. The third-order valence-electron chi connectivity index (χ3n) is 8.77. The highest BCUT2D eigenvalue weighted by Gasteiger charge is 2.78. The third kappa shape index (κ3) is 1.65. The second kappa shape index (κ2) is 4.87. The van der Waals surface area contributed by atoms with Gasteiger partial charge in [0.25, 0.3) is 0 Å². The molecule has 0 nitrogen and oxygen atoms in total. The van der Waals surface area contributed by atoms with Crippen molar-refractivity contribution in [2.24, 2.45) is 51.8 Å². The second-order valence-corrected chi connectivity index (χ2v) is 10.2. The first-order valence-electron chi connectivity index (χ1n) is 9.79. The molecule has 0 aromatic heterocycles. The fourth-order valence-electron chi connectivity index (χ4n) is 7.87. The van der Waals surface area contributed by atoms with Crippen LogP contribution in [0.25, 0.3) is 0 Å². The number of allylic oxidation sites excluding steroid dienone is 1. The van der Waals surface area contributed by atoms with Crippen LogP contribution >= 0.6 is 0 Å². The largest absolute Gasteiger partial charge is 0.102 e. The maximum absolute atomic E-state index is 4.44. The Morgan fingerprint density at radius 2 is 1.73 bits per heavy atom. The minimum atomic E-state index is 0.365. The molecule has 3 bridgehead atoms. The van der Waals surface area contributed by atoms with Crippen LogP contribution in [0.2, 0.25) is 0 Å². The number of hydrogen-bond donors (Lipinski definition) is 0. The molecule has 126 valence electrons. The Kier molecular flexibility index (Phi) is 3.67. The lowest BCUT2D eigenvalue weighted by Gasteiger charge is -2.64. The van der Waals surface area contributed by atoms with Crippen LogP contribution in [0.1, 0.15) is 74.1 Å². The average Bonchev–Trinajstić information content (AvgIpc) is 2.50. The normalized spacial score (nSPS) is 53.0. The van der Waals surface area contributed by atoms with E-state index in [2.05, 4.69) is 61.1 Å². The van der Waals surface area contributed by atoms with Gasteiger partial charge in [-0.2, -0.15) is 0 Å². The molecule has 0 heterocycles. The van der Waals surface area contributed by atoms with Gasteiger partial charge >= 0.3 is 0 Å². The molecule has 0 saturated heterocycles. The summed E-state index contributed by atoms with van der Waals surface area (Å²) in [6, 6.07) is 0. The Bertz CT molecular complexity index is 461. The molecule has 0 radical (unpaired) electrons. The topological polar surface area (TPSA) is 0 Å². The van der Waals surface area contributed by atoms with Crippen molar-refractivity contribution in [2.75, 3.05) is 0 Å². The Labute approximate surface area is 139 Å². The Hall–Kier alpha value is -0.260. The molecule has 0 aromatic carbocycles. The predicted octanol–water partition coefficient (Wildman–Crippen LogP) is 6.57. The summed E-state index contributed by atoms with van der Waals surface area (Å²) in [6.45, 7) is 21.9. The van der Waals surface area contributed by atoms with Crippen molar-refractivity contribution in [2.45, 2.75) is 74.1 Å². The molecule has 4 saturated carbocycles. The van der Waals surface area contributed by atoms with Gasteiger partial charge in [0.1, 0.15) is 0 Å². The van der Waals surface area contributed by atoms with Crippen molar-refractivity contribution in [3.05, 3.63) is 12.7 Å². The van der Waals surface area contributed by atoms with Gasteiger partial charge in [0.2, 0.25) is 0 Å². The Balaban J connectivity index is 2.15. The van der Waals surface area contributed by atoms with Crippen molar-refractivity contribution in [3.63, 3.8) is 0 Å². The van der Waals surface area contributed by atoms with Gasteiger partial charge in [-0.25, -0.2) is 0 Å². The maximum atomic E-state index is 4.44. The molecule has 0 aliphatic heterocycles. The van der Waals surface area contributed by atoms with E-state index in [1.54, 1.807) is 0 Å². The van der Waals surface area contributed by atoms with E-state index in [0.717, 1.165) is 35.5 Å². The average molecular weight is 303 g/mol. The molecule has 4 rings (SSSR count). The molecule has 4 fully saturated rings. The zero-order valence-corrected chi connectivity index (χ0v) is 16.1. The Morgan fingerprint density at radius 1 is 1.09 bits per heavy atom. The van der Waals surface area contributed by atoms with E-state index in [1.165, 1.54) is 25.7 Å². The van der Waals surface area contributed by atoms with E-state index in [4.69, 9.17) is 0 Å². The quantitative estimate of drug-likeness (QED) is 0.504. The summed E-state index contributed by atoms with van der Waals surface area (Å²) in [5.41, 5.74) is 1.46. The first-order chi connectivity index (χ1) is 10.2. The lowest BCUT2D eigenvalue weighted by atomic mass is 9.40. The van der Waals surface area contributed by atoms with Crippen LogP contribution in [-0.4, -0.2) is 0 Å². The van der Waals surface area contributed by atoms with Gasteiger partial charge in [-0.1, -0.05) is 54.5 Å². The Morgan fingerprint density at radius 3 is 2.18 bits per heavy atom. The van der Waals surface area contributed by atoms with Gasteiger partial charge in [0, 0.05) is 0 Å². The molecule has 4 aliphatic rings. The first-order valence-corrected chi connectivity index (χ1v) is 9.79. The highest BCUT2D eigenvalue weighted by Crippen LogP contribution is 2.84. The molecular formula is C22H38. The molecule has 22 heavy (non-hydrogen) atoms. The molecule has 0 heteroatoms. The summed E-state index contributed by atoms with van der Waals surface area (Å²) in [4.78, 5) is 0. The zero-order chi connectivity index (χ0) is 16.5. The molecule has 7 atom stereocenters. The van der Waals surface area contributed by atoms with Crippen LogP contribution in [-0.2, 0) is 0 Å². The molecule has 7 unspecified atom stereocenters. The summed E-state index contributed by atoms with van der Waals surface area (Å²) in [7, 11) is 0. The highest BCUT2D eigenvalue weighted by atomic mass is 14.8. The van der Waals surface area contributed by atoms with E-state index in [0.29, 0.717) is 16.2 Å². The van der Waals surface area contributed by atoms with E-state index in [-0.39, 0.29) is 0 Å². The van der Waals surface area contributed by atoms with Crippen molar-refractivity contribution in [1.29, 1.82) is 0 Å². The lowest BCUT2D eigenvalue weighted by Crippen LogP contribution is -2.58. The second-order valence-electron chi connectivity index (χ2n) is 10.2. The number of hydrogen-bond acceptors (Lipinski definition) is 0. The van der Waals surface area contributed by atoms with E-state index in [1.807, 2.05) is 0 Å². The van der Waals surface area contributed by atoms with Crippen molar-refractivity contribution in [3.8, 4) is 0 Å². The van der Waals surface area contributed by atoms with E-state index in [9.17, 15) is 0 Å². The SMILES string of the molecule is C=CC1(CC(C)C)C(CC(C)C)C23CC(CC1(C)C2C)C3C. The van der Waals surface area contributed by atoms with E-state index < -0.39 is 0 Å². The minimum Gasteiger partial charge on any atom is -0.102 e. The summed E-state index contributed by atoms with van der Waals surface area (Å²) in [5, 5.41) is 0.